The molecule has 0 fully saturated rings. The van der Waals surface area contributed by atoms with Gasteiger partial charge in [0, 0.05) is 11.1 Å². The van der Waals surface area contributed by atoms with Crippen LogP contribution in [0.25, 0.3) is 0 Å². The van der Waals surface area contributed by atoms with Crippen molar-refractivity contribution in [2.24, 2.45) is 11.7 Å². The summed E-state index contributed by atoms with van der Waals surface area (Å²) in [4.78, 5) is 0. The number of rotatable bonds is 3. The maximum absolute atomic E-state index is 12.7. The molecule has 0 heterocycles. The maximum Gasteiger partial charge on any atom is 0.124 e. The van der Waals surface area contributed by atoms with Crippen molar-refractivity contribution < 1.29 is 4.39 Å². The van der Waals surface area contributed by atoms with Crippen LogP contribution in [0.15, 0.2) is 18.2 Å². The van der Waals surface area contributed by atoms with E-state index in [1.807, 2.05) is 0 Å². The van der Waals surface area contributed by atoms with Crippen LogP contribution < -0.4 is 5.73 Å². The van der Waals surface area contributed by atoms with Gasteiger partial charge < -0.3 is 5.73 Å². The highest BCUT2D eigenvalue weighted by Gasteiger charge is 2.12. The molecule has 3 heteroatoms. The average molecular weight is 216 g/mol. The molecule has 0 radical (unpaired) electrons. The van der Waals surface area contributed by atoms with Crippen LogP contribution in [0.3, 0.4) is 0 Å². The molecule has 14 heavy (non-hydrogen) atoms. The van der Waals surface area contributed by atoms with Gasteiger partial charge in [0.05, 0.1) is 0 Å². The van der Waals surface area contributed by atoms with Crippen molar-refractivity contribution >= 4 is 11.6 Å². The van der Waals surface area contributed by atoms with Gasteiger partial charge >= 0.3 is 0 Å². The van der Waals surface area contributed by atoms with Crippen molar-refractivity contribution in [3.05, 3.63) is 34.6 Å². The molecular weight excluding hydrogens is 201 g/mol. The summed E-state index contributed by atoms with van der Waals surface area (Å²) in [5, 5.41) is 0.415. The van der Waals surface area contributed by atoms with E-state index >= 15 is 0 Å². The summed E-state index contributed by atoms with van der Waals surface area (Å²) >= 11 is 5.89. The zero-order valence-electron chi connectivity index (χ0n) is 8.43. The number of hydrogen-bond acceptors (Lipinski definition) is 1. The molecule has 0 aromatic heterocycles. The zero-order valence-corrected chi connectivity index (χ0v) is 9.18. The fourth-order valence-corrected chi connectivity index (χ4v) is 1.74. The Hall–Kier alpha value is -0.600. The molecular formula is C11H15ClFN. The van der Waals surface area contributed by atoms with Gasteiger partial charge in [-0.1, -0.05) is 31.5 Å². The highest BCUT2D eigenvalue weighted by Crippen LogP contribution is 2.26. The summed E-state index contributed by atoms with van der Waals surface area (Å²) < 4.78 is 12.7. The summed E-state index contributed by atoms with van der Waals surface area (Å²) in [6.45, 7) is 4.19. The number of halogens is 2. The summed E-state index contributed by atoms with van der Waals surface area (Å²) in [5.74, 6) is 0.182. The molecule has 1 atom stereocenters. The Bertz CT molecular complexity index is 312. The van der Waals surface area contributed by atoms with Crippen molar-refractivity contribution in [2.45, 2.75) is 26.3 Å². The summed E-state index contributed by atoms with van der Waals surface area (Å²) in [6, 6.07) is 4.24. The monoisotopic (exact) mass is 215 g/mol. The fraction of sp³-hybridized carbons (Fsp3) is 0.455. The molecule has 78 valence electrons. The van der Waals surface area contributed by atoms with E-state index in [-0.39, 0.29) is 11.9 Å². The van der Waals surface area contributed by atoms with Gasteiger partial charge in [-0.05, 0) is 30.0 Å². The standard InChI is InChI=1S/C11H15ClFN/c1-7(2)5-11(14)9-4-3-8(13)6-10(9)12/h3-4,6-7,11H,5,14H2,1-2H3/t11-/m1/s1. The van der Waals surface area contributed by atoms with Gasteiger partial charge in [0.15, 0.2) is 0 Å². The largest absolute Gasteiger partial charge is 0.324 e. The molecule has 0 aliphatic carbocycles. The third kappa shape index (κ3) is 2.96. The first-order chi connectivity index (χ1) is 6.50. The molecule has 0 saturated heterocycles. The van der Waals surface area contributed by atoms with Crippen LogP contribution in [-0.4, -0.2) is 0 Å². The van der Waals surface area contributed by atoms with Crippen LogP contribution in [0.4, 0.5) is 4.39 Å². The lowest BCUT2D eigenvalue weighted by Crippen LogP contribution is -2.13. The van der Waals surface area contributed by atoms with Crippen molar-refractivity contribution in [3.63, 3.8) is 0 Å². The Labute approximate surface area is 89.1 Å². The second-order valence-electron chi connectivity index (χ2n) is 3.90. The zero-order chi connectivity index (χ0) is 10.7. The van der Waals surface area contributed by atoms with E-state index in [4.69, 9.17) is 17.3 Å². The van der Waals surface area contributed by atoms with E-state index in [2.05, 4.69) is 13.8 Å². The van der Waals surface area contributed by atoms with Crippen LogP contribution >= 0.6 is 11.6 Å². The van der Waals surface area contributed by atoms with E-state index in [1.54, 1.807) is 6.07 Å². The Morgan fingerprint density at radius 3 is 2.57 bits per heavy atom. The first-order valence-corrected chi connectivity index (χ1v) is 5.09. The van der Waals surface area contributed by atoms with Crippen molar-refractivity contribution in [1.29, 1.82) is 0 Å². The van der Waals surface area contributed by atoms with E-state index < -0.39 is 0 Å². The van der Waals surface area contributed by atoms with Gasteiger partial charge in [-0.25, -0.2) is 4.39 Å². The second kappa shape index (κ2) is 4.76. The molecule has 0 aliphatic heterocycles. The quantitative estimate of drug-likeness (QED) is 0.820. The summed E-state index contributed by atoms with van der Waals surface area (Å²) in [7, 11) is 0. The van der Waals surface area contributed by atoms with Crippen LogP contribution in [0.2, 0.25) is 5.02 Å². The topological polar surface area (TPSA) is 26.0 Å². The smallest absolute Gasteiger partial charge is 0.124 e. The van der Waals surface area contributed by atoms with E-state index in [9.17, 15) is 4.39 Å². The third-order valence-corrected chi connectivity index (χ3v) is 2.41. The van der Waals surface area contributed by atoms with E-state index in [0.717, 1.165) is 12.0 Å². The highest BCUT2D eigenvalue weighted by atomic mass is 35.5. The molecule has 1 nitrogen and oxygen atoms in total. The summed E-state index contributed by atoms with van der Waals surface area (Å²) in [5.41, 5.74) is 6.76. The first kappa shape index (κ1) is 11.5. The lowest BCUT2D eigenvalue weighted by Gasteiger charge is -2.15. The molecule has 0 amide bonds. The fourth-order valence-electron chi connectivity index (χ4n) is 1.44. The van der Waals surface area contributed by atoms with Gasteiger partial charge in [-0.2, -0.15) is 0 Å². The molecule has 0 aliphatic rings. The molecule has 0 bridgehead atoms. The number of nitrogens with two attached hydrogens (primary N) is 1. The minimum atomic E-state index is -0.324. The van der Waals surface area contributed by atoms with Crippen molar-refractivity contribution in [2.75, 3.05) is 0 Å². The Balaban J connectivity index is 2.84. The number of benzene rings is 1. The third-order valence-electron chi connectivity index (χ3n) is 2.09. The van der Waals surface area contributed by atoms with Gasteiger partial charge in [0.1, 0.15) is 5.82 Å². The van der Waals surface area contributed by atoms with E-state index in [0.29, 0.717) is 10.9 Å². The summed E-state index contributed by atoms with van der Waals surface area (Å²) in [6.07, 6.45) is 0.853. The van der Waals surface area contributed by atoms with Gasteiger partial charge in [-0.15, -0.1) is 0 Å². The van der Waals surface area contributed by atoms with Gasteiger partial charge in [-0.3, -0.25) is 0 Å². The predicted octanol–water partition coefficient (Wildman–Crippen LogP) is 3.53. The Kier molecular flexibility index (Phi) is 3.90. The molecule has 0 spiro atoms. The van der Waals surface area contributed by atoms with Gasteiger partial charge in [0.25, 0.3) is 0 Å². The van der Waals surface area contributed by atoms with Crippen molar-refractivity contribution in [1.82, 2.24) is 0 Å². The van der Waals surface area contributed by atoms with Crippen LogP contribution in [0.5, 0.6) is 0 Å². The van der Waals surface area contributed by atoms with E-state index in [1.165, 1.54) is 12.1 Å². The Morgan fingerprint density at radius 1 is 1.43 bits per heavy atom. The lowest BCUT2D eigenvalue weighted by molar-refractivity contribution is 0.509. The minimum Gasteiger partial charge on any atom is -0.324 e. The first-order valence-electron chi connectivity index (χ1n) is 4.71. The molecule has 1 aromatic carbocycles. The maximum atomic E-state index is 12.7. The molecule has 0 unspecified atom stereocenters. The molecule has 1 rings (SSSR count). The number of hydrogen-bond donors (Lipinski definition) is 1. The van der Waals surface area contributed by atoms with Crippen LogP contribution in [-0.2, 0) is 0 Å². The van der Waals surface area contributed by atoms with Crippen LogP contribution in [0.1, 0.15) is 31.9 Å². The molecule has 2 N–H and O–H groups in total. The lowest BCUT2D eigenvalue weighted by atomic mass is 9.98. The van der Waals surface area contributed by atoms with Gasteiger partial charge in [0.2, 0.25) is 0 Å². The SMILES string of the molecule is CC(C)C[C@@H](N)c1ccc(F)cc1Cl. The normalized spacial score (nSPS) is 13.3. The predicted molar refractivity (Wildman–Crippen MR) is 57.8 cm³/mol. The van der Waals surface area contributed by atoms with Crippen LogP contribution in [0, 0.1) is 11.7 Å². The second-order valence-corrected chi connectivity index (χ2v) is 4.31. The minimum absolute atomic E-state index is 0.108. The van der Waals surface area contributed by atoms with Crippen molar-refractivity contribution in [3.8, 4) is 0 Å². The molecule has 0 saturated carbocycles. The molecule has 1 aromatic rings. The average Bonchev–Trinajstić information content (AvgIpc) is 2.01. The highest BCUT2D eigenvalue weighted by molar-refractivity contribution is 6.31. The Morgan fingerprint density at radius 2 is 2.07 bits per heavy atom.